The number of unbranched alkanes of at least 4 members (excludes halogenated alkanes) is 1. The molecule has 0 aliphatic heterocycles. The zero-order chi connectivity index (χ0) is 19.1. The van der Waals surface area contributed by atoms with Crippen molar-refractivity contribution >= 4 is 30.0 Å². The second kappa shape index (κ2) is 11.8. The van der Waals surface area contributed by atoms with Crippen LogP contribution in [0.25, 0.3) is 10.8 Å². The largest absolute Gasteiger partial charge is 2.00 e. The van der Waals surface area contributed by atoms with E-state index in [1.807, 2.05) is 0 Å². The van der Waals surface area contributed by atoms with Crippen LogP contribution < -0.4 is 10.6 Å². The van der Waals surface area contributed by atoms with Crippen LogP contribution in [-0.2, 0) is 26.2 Å². The van der Waals surface area contributed by atoms with Crippen molar-refractivity contribution in [3.05, 3.63) is 89.5 Å². The first-order valence-corrected chi connectivity index (χ1v) is 10.9. The molecule has 1 aliphatic carbocycles. The number of hydrogen-bond donors (Lipinski definition) is 0. The molecule has 1 unspecified atom stereocenters. The molecule has 0 aromatic heterocycles. The molecule has 2 heteroatoms. The fourth-order valence-corrected chi connectivity index (χ4v) is 4.55. The van der Waals surface area contributed by atoms with Crippen LogP contribution in [0.15, 0.2) is 77.9 Å². The Hall–Kier alpha value is -1.16. The molecule has 0 N–H and O–H groups in total. The molecule has 0 bridgehead atoms. The van der Waals surface area contributed by atoms with Gasteiger partial charge < -0.3 is 0 Å². The average Bonchev–Trinajstić information content (AvgIpc) is 3.27. The molecule has 0 spiro atoms. The minimum absolute atomic E-state index is 0. The second-order valence-corrected chi connectivity index (χ2v) is 8.53. The summed E-state index contributed by atoms with van der Waals surface area (Å²) in [6, 6.07) is 21.8. The van der Waals surface area contributed by atoms with Gasteiger partial charge in [-0.05, 0) is 17.8 Å². The summed E-state index contributed by atoms with van der Waals surface area (Å²) in [4.78, 5) is 0. The molecule has 0 nitrogen and oxygen atoms in total. The quantitative estimate of drug-likeness (QED) is 0.290. The van der Waals surface area contributed by atoms with Gasteiger partial charge >= 0.3 is 26.2 Å². The van der Waals surface area contributed by atoms with Crippen LogP contribution in [-0.4, -0.2) is 0 Å². The summed E-state index contributed by atoms with van der Waals surface area (Å²) in [6.45, 7) is 6.60. The van der Waals surface area contributed by atoms with Crippen molar-refractivity contribution in [2.24, 2.45) is 0 Å². The molecule has 28 heavy (non-hydrogen) atoms. The van der Waals surface area contributed by atoms with E-state index in [-0.39, 0.29) is 26.2 Å². The summed E-state index contributed by atoms with van der Waals surface area (Å²) in [5.41, 5.74) is 4.30. The fraction of sp³-hybridized carbons (Fsp3) is 0.269. The smallest absolute Gasteiger partial charge is 0.269 e. The number of fused-ring (bicyclic) bond motifs is 1. The number of rotatable bonds is 5. The summed E-state index contributed by atoms with van der Waals surface area (Å²) in [7, 11) is 0.759. The van der Waals surface area contributed by atoms with Crippen LogP contribution in [0.3, 0.4) is 0 Å². The minimum Gasteiger partial charge on any atom is -0.269 e. The van der Waals surface area contributed by atoms with E-state index in [1.54, 1.807) is 0 Å². The average molecular weight is 464 g/mol. The maximum absolute atomic E-state index is 3.37. The Morgan fingerprint density at radius 2 is 1.79 bits per heavy atom. The van der Waals surface area contributed by atoms with Gasteiger partial charge in [-0.1, -0.05) is 65.1 Å². The topological polar surface area (TPSA) is 0 Å². The Bertz CT molecular complexity index is 913. The van der Waals surface area contributed by atoms with E-state index >= 15 is 0 Å². The van der Waals surface area contributed by atoms with E-state index in [4.69, 9.17) is 0 Å². The van der Waals surface area contributed by atoms with Crippen molar-refractivity contribution in [3.63, 3.8) is 0 Å². The van der Waals surface area contributed by atoms with E-state index in [0.717, 1.165) is 15.0 Å². The van der Waals surface area contributed by atoms with Gasteiger partial charge in [-0.3, -0.25) is 6.08 Å². The monoisotopic (exact) mass is 462 g/mol. The molecule has 1 aliphatic rings. The van der Waals surface area contributed by atoms with E-state index in [9.17, 15) is 0 Å². The SMILES string of the molecule is CCCCC1=[C-]CC=C1C.Cc1ccccc1Pc1cc2ccccc2[cH-]1.[Zr+2]. The Morgan fingerprint density at radius 3 is 2.46 bits per heavy atom. The van der Waals surface area contributed by atoms with Crippen molar-refractivity contribution in [2.45, 2.75) is 46.5 Å². The van der Waals surface area contributed by atoms with Gasteiger partial charge in [0, 0.05) is 0 Å². The molecule has 142 valence electrons. The number of aryl methyl sites for hydroxylation is 1. The maximum atomic E-state index is 3.37. The zero-order valence-corrected chi connectivity index (χ0v) is 20.6. The molecule has 0 saturated heterocycles. The predicted octanol–water partition coefficient (Wildman–Crippen LogP) is 6.75. The van der Waals surface area contributed by atoms with Crippen LogP contribution in [0.2, 0.25) is 0 Å². The van der Waals surface area contributed by atoms with Crippen molar-refractivity contribution in [1.82, 2.24) is 0 Å². The van der Waals surface area contributed by atoms with Gasteiger partial charge in [0.25, 0.3) is 0 Å². The molecular formula is C26H29PZr. The predicted molar refractivity (Wildman–Crippen MR) is 123 cm³/mol. The number of allylic oxidation sites excluding steroid dienone is 4. The van der Waals surface area contributed by atoms with Gasteiger partial charge in [-0.15, -0.1) is 53.7 Å². The molecular weight excluding hydrogens is 434 g/mol. The molecule has 3 aromatic carbocycles. The van der Waals surface area contributed by atoms with Gasteiger partial charge in [0.15, 0.2) is 0 Å². The normalized spacial score (nSPS) is 13.1. The third kappa shape index (κ3) is 6.44. The van der Waals surface area contributed by atoms with E-state index in [2.05, 4.69) is 93.6 Å². The molecule has 0 saturated carbocycles. The summed E-state index contributed by atoms with van der Waals surface area (Å²) in [5.74, 6) is 0. The third-order valence-corrected chi connectivity index (χ3v) is 6.43. The van der Waals surface area contributed by atoms with Crippen LogP contribution >= 0.6 is 8.58 Å². The van der Waals surface area contributed by atoms with Crippen LogP contribution in [0.1, 0.15) is 45.1 Å². The van der Waals surface area contributed by atoms with Gasteiger partial charge in [-0.25, -0.2) is 11.1 Å². The first-order valence-electron chi connectivity index (χ1n) is 9.92. The standard InChI is InChI=1S/C16H14P.C10H15.Zr/c1-12-6-2-5-9-16(12)17-15-10-13-7-3-4-8-14(13)11-15;1-3-4-7-10-8-5-6-9(10)2;/h2-11,17H,1H3;6H,3-5,7H2,1-2H3;/q2*-1;+2. The van der Waals surface area contributed by atoms with Gasteiger partial charge in [-0.2, -0.15) is 12.1 Å². The van der Waals surface area contributed by atoms with Crippen LogP contribution in [0.5, 0.6) is 0 Å². The summed E-state index contributed by atoms with van der Waals surface area (Å²) >= 11 is 0. The Labute approximate surface area is 191 Å². The third-order valence-electron chi connectivity index (χ3n) is 5.02. The van der Waals surface area contributed by atoms with E-state index < -0.39 is 0 Å². The number of benzene rings is 2. The summed E-state index contributed by atoms with van der Waals surface area (Å²) < 4.78 is 0. The summed E-state index contributed by atoms with van der Waals surface area (Å²) in [5, 5.41) is 5.58. The number of hydrogen-bond acceptors (Lipinski definition) is 0. The first-order chi connectivity index (χ1) is 13.2. The second-order valence-electron chi connectivity index (χ2n) is 7.16. The van der Waals surface area contributed by atoms with Crippen LogP contribution in [0, 0.1) is 13.0 Å². The molecule has 0 fully saturated rings. The minimum atomic E-state index is 0. The van der Waals surface area contributed by atoms with Crippen molar-refractivity contribution in [2.75, 3.05) is 0 Å². The first kappa shape index (κ1) is 23.1. The van der Waals surface area contributed by atoms with Gasteiger partial charge in [0.1, 0.15) is 0 Å². The van der Waals surface area contributed by atoms with Gasteiger partial charge in [0.2, 0.25) is 0 Å². The van der Waals surface area contributed by atoms with E-state index in [0.29, 0.717) is 0 Å². The Balaban J connectivity index is 0.000000221. The Morgan fingerprint density at radius 1 is 1.04 bits per heavy atom. The van der Waals surface area contributed by atoms with Crippen LogP contribution in [0.4, 0.5) is 0 Å². The van der Waals surface area contributed by atoms with Crippen molar-refractivity contribution < 1.29 is 26.2 Å². The molecule has 0 heterocycles. The maximum Gasteiger partial charge on any atom is 2.00 e. The van der Waals surface area contributed by atoms with E-state index in [1.165, 1.54) is 57.4 Å². The zero-order valence-electron chi connectivity index (χ0n) is 17.2. The fourth-order valence-electron chi connectivity index (χ4n) is 3.32. The molecule has 1 atom stereocenters. The summed E-state index contributed by atoms with van der Waals surface area (Å²) in [6.07, 6.45) is 10.5. The van der Waals surface area contributed by atoms with Crippen molar-refractivity contribution in [3.8, 4) is 0 Å². The molecule has 4 rings (SSSR count). The van der Waals surface area contributed by atoms with Crippen molar-refractivity contribution in [1.29, 1.82) is 0 Å². The van der Waals surface area contributed by atoms with Gasteiger partial charge in [0.05, 0.1) is 0 Å². The molecule has 0 amide bonds. The molecule has 0 radical (unpaired) electrons. The Kier molecular flexibility index (Phi) is 9.70. The molecule has 3 aromatic rings.